The molecule has 2 aromatic rings. The highest BCUT2D eigenvalue weighted by Gasteiger charge is 2.17. The minimum absolute atomic E-state index is 0.0780. The van der Waals surface area contributed by atoms with Crippen molar-refractivity contribution in [1.29, 1.82) is 0 Å². The van der Waals surface area contributed by atoms with Gasteiger partial charge in [0.25, 0.3) is 0 Å². The van der Waals surface area contributed by atoms with E-state index in [1.54, 1.807) is 14.0 Å². The zero-order valence-electron chi connectivity index (χ0n) is 13.0. The number of benzene rings is 1. The molecule has 0 fully saturated rings. The Morgan fingerprint density at radius 3 is 2.78 bits per heavy atom. The number of hydrogen-bond donors (Lipinski definition) is 3. The zero-order valence-corrected chi connectivity index (χ0v) is 13.0. The quantitative estimate of drug-likeness (QED) is 0.545. The lowest BCUT2D eigenvalue weighted by atomic mass is 10.0. The van der Waals surface area contributed by atoms with Gasteiger partial charge in [0, 0.05) is 32.4 Å². The van der Waals surface area contributed by atoms with Gasteiger partial charge in [0.05, 0.1) is 17.4 Å². The highest BCUT2D eigenvalue weighted by atomic mass is 16.5. The fourth-order valence-corrected chi connectivity index (χ4v) is 2.38. The van der Waals surface area contributed by atoms with Gasteiger partial charge < -0.3 is 24.7 Å². The van der Waals surface area contributed by atoms with E-state index in [-0.39, 0.29) is 35.0 Å². The Morgan fingerprint density at radius 1 is 1.35 bits per heavy atom. The van der Waals surface area contributed by atoms with Crippen molar-refractivity contribution in [1.82, 2.24) is 5.32 Å². The summed E-state index contributed by atoms with van der Waals surface area (Å²) in [4.78, 5) is 24.0. The molecular formula is C16H19NO6. The minimum Gasteiger partial charge on any atom is -0.508 e. The van der Waals surface area contributed by atoms with E-state index < -0.39 is 5.63 Å². The van der Waals surface area contributed by atoms with Crippen LogP contribution in [0.2, 0.25) is 0 Å². The number of ether oxygens (including phenoxy) is 1. The van der Waals surface area contributed by atoms with Crippen LogP contribution in [0.4, 0.5) is 0 Å². The van der Waals surface area contributed by atoms with Crippen molar-refractivity contribution in [2.75, 3.05) is 20.3 Å². The molecule has 0 saturated heterocycles. The van der Waals surface area contributed by atoms with Crippen LogP contribution in [0.5, 0.6) is 11.5 Å². The SMILES string of the molecule is COCCCNC(=O)Cc1c(C)c2c(O)cc(O)cc2oc1=O. The van der Waals surface area contributed by atoms with E-state index in [2.05, 4.69) is 5.32 Å². The van der Waals surface area contributed by atoms with Crippen molar-refractivity contribution >= 4 is 16.9 Å². The first-order valence-corrected chi connectivity index (χ1v) is 7.18. The van der Waals surface area contributed by atoms with Crippen LogP contribution in [0.1, 0.15) is 17.5 Å². The molecule has 2 rings (SSSR count). The molecule has 124 valence electrons. The van der Waals surface area contributed by atoms with E-state index in [0.717, 1.165) is 6.07 Å². The Kier molecular flexibility index (Phi) is 5.23. The molecular weight excluding hydrogens is 302 g/mol. The summed E-state index contributed by atoms with van der Waals surface area (Å²) >= 11 is 0. The van der Waals surface area contributed by atoms with Gasteiger partial charge in [-0.2, -0.15) is 0 Å². The number of phenolic OH excluding ortho intramolecular Hbond substituents is 2. The standard InChI is InChI=1S/C16H19NO6/c1-9-11(8-14(20)17-4-3-5-22-2)16(21)23-13-7-10(18)6-12(19)15(9)13/h6-7,18-19H,3-5,8H2,1-2H3,(H,17,20). The zero-order chi connectivity index (χ0) is 17.0. The number of amides is 1. The predicted octanol–water partition coefficient (Wildman–Crippen LogP) is 1.21. The normalized spacial score (nSPS) is 10.9. The van der Waals surface area contributed by atoms with Crippen molar-refractivity contribution in [3.05, 3.63) is 33.7 Å². The molecule has 1 aromatic carbocycles. The number of phenols is 2. The first kappa shape index (κ1) is 16.8. The lowest BCUT2D eigenvalue weighted by Crippen LogP contribution is -2.29. The fraction of sp³-hybridized carbons (Fsp3) is 0.375. The molecule has 7 nitrogen and oxygen atoms in total. The summed E-state index contributed by atoms with van der Waals surface area (Å²) < 4.78 is 9.99. The third kappa shape index (κ3) is 3.81. The maximum Gasteiger partial charge on any atom is 0.340 e. The van der Waals surface area contributed by atoms with Crippen LogP contribution in [0, 0.1) is 6.92 Å². The van der Waals surface area contributed by atoms with Crippen LogP contribution in [0.25, 0.3) is 11.0 Å². The van der Waals surface area contributed by atoms with Gasteiger partial charge in [-0.3, -0.25) is 4.79 Å². The van der Waals surface area contributed by atoms with Crippen LogP contribution in [0.15, 0.2) is 21.3 Å². The molecule has 3 N–H and O–H groups in total. The molecule has 0 radical (unpaired) electrons. The second-order valence-electron chi connectivity index (χ2n) is 5.20. The first-order valence-electron chi connectivity index (χ1n) is 7.18. The Hall–Kier alpha value is -2.54. The van der Waals surface area contributed by atoms with Gasteiger partial charge in [0.15, 0.2) is 0 Å². The molecule has 0 aliphatic heterocycles. The highest BCUT2D eigenvalue weighted by Crippen LogP contribution is 2.32. The van der Waals surface area contributed by atoms with Crippen molar-refractivity contribution in [3.8, 4) is 11.5 Å². The molecule has 0 aliphatic rings. The molecule has 0 atom stereocenters. The Labute approximate surface area is 132 Å². The molecule has 0 spiro atoms. The molecule has 1 heterocycles. The molecule has 7 heteroatoms. The third-order valence-corrected chi connectivity index (χ3v) is 3.53. The van der Waals surface area contributed by atoms with Gasteiger partial charge in [0.2, 0.25) is 5.91 Å². The van der Waals surface area contributed by atoms with Crippen molar-refractivity contribution in [3.63, 3.8) is 0 Å². The number of hydrogen-bond acceptors (Lipinski definition) is 6. The minimum atomic E-state index is -0.660. The van der Waals surface area contributed by atoms with Gasteiger partial charge in [-0.15, -0.1) is 0 Å². The molecule has 0 saturated carbocycles. The summed E-state index contributed by atoms with van der Waals surface area (Å²) in [5, 5.41) is 22.4. The molecule has 0 aliphatic carbocycles. The van der Waals surface area contributed by atoms with E-state index in [4.69, 9.17) is 9.15 Å². The fourth-order valence-electron chi connectivity index (χ4n) is 2.38. The van der Waals surface area contributed by atoms with Crippen molar-refractivity contribution in [2.24, 2.45) is 0 Å². The summed E-state index contributed by atoms with van der Waals surface area (Å²) in [6, 6.07) is 2.40. The third-order valence-electron chi connectivity index (χ3n) is 3.53. The van der Waals surface area contributed by atoms with Gasteiger partial charge >= 0.3 is 5.63 Å². The number of nitrogens with one attached hydrogen (secondary N) is 1. The highest BCUT2D eigenvalue weighted by molar-refractivity contribution is 5.89. The summed E-state index contributed by atoms with van der Waals surface area (Å²) in [6.07, 6.45) is 0.533. The van der Waals surface area contributed by atoms with E-state index >= 15 is 0 Å². The Morgan fingerprint density at radius 2 is 2.09 bits per heavy atom. The topological polar surface area (TPSA) is 109 Å². The van der Waals surface area contributed by atoms with Crippen LogP contribution in [-0.4, -0.2) is 36.4 Å². The summed E-state index contributed by atoms with van der Waals surface area (Å²) in [7, 11) is 1.58. The molecule has 1 aromatic heterocycles. The summed E-state index contributed by atoms with van der Waals surface area (Å²) in [5.74, 6) is -0.724. The largest absolute Gasteiger partial charge is 0.508 e. The lowest BCUT2D eigenvalue weighted by molar-refractivity contribution is -0.120. The number of methoxy groups -OCH3 is 1. The second kappa shape index (κ2) is 7.15. The molecule has 1 amide bonds. The van der Waals surface area contributed by atoms with Crippen LogP contribution in [0.3, 0.4) is 0 Å². The van der Waals surface area contributed by atoms with Crippen molar-refractivity contribution in [2.45, 2.75) is 19.8 Å². The van der Waals surface area contributed by atoms with Crippen LogP contribution < -0.4 is 10.9 Å². The molecule has 23 heavy (non-hydrogen) atoms. The van der Waals surface area contributed by atoms with E-state index in [1.807, 2.05) is 0 Å². The van der Waals surface area contributed by atoms with E-state index in [1.165, 1.54) is 6.07 Å². The number of carbonyl (C=O) groups excluding carboxylic acids is 1. The van der Waals surface area contributed by atoms with E-state index in [0.29, 0.717) is 30.5 Å². The van der Waals surface area contributed by atoms with Gasteiger partial charge in [0.1, 0.15) is 17.1 Å². The number of aryl methyl sites for hydroxylation is 1. The van der Waals surface area contributed by atoms with E-state index in [9.17, 15) is 19.8 Å². The summed E-state index contributed by atoms with van der Waals surface area (Å²) in [6.45, 7) is 2.61. The molecule has 0 unspecified atom stereocenters. The van der Waals surface area contributed by atoms with Gasteiger partial charge in [-0.25, -0.2) is 4.79 Å². The van der Waals surface area contributed by atoms with Crippen LogP contribution in [-0.2, 0) is 16.0 Å². The lowest BCUT2D eigenvalue weighted by Gasteiger charge is -2.10. The Balaban J connectivity index is 2.27. The number of aromatic hydroxyl groups is 2. The number of fused-ring (bicyclic) bond motifs is 1. The van der Waals surface area contributed by atoms with Crippen LogP contribution >= 0.6 is 0 Å². The average molecular weight is 321 g/mol. The number of rotatable bonds is 6. The number of carbonyl (C=O) groups is 1. The second-order valence-corrected chi connectivity index (χ2v) is 5.20. The smallest absolute Gasteiger partial charge is 0.340 e. The maximum atomic E-state index is 12.1. The molecule has 0 bridgehead atoms. The average Bonchev–Trinajstić information content (AvgIpc) is 2.47. The Bertz CT molecular complexity index is 780. The monoisotopic (exact) mass is 321 g/mol. The summed E-state index contributed by atoms with van der Waals surface area (Å²) in [5.41, 5.74) is 0.0600. The van der Waals surface area contributed by atoms with Crippen molar-refractivity contribution < 1.29 is 24.2 Å². The predicted molar refractivity (Wildman–Crippen MR) is 83.8 cm³/mol. The van der Waals surface area contributed by atoms with Gasteiger partial charge in [-0.1, -0.05) is 0 Å². The maximum absolute atomic E-state index is 12.1. The van der Waals surface area contributed by atoms with Gasteiger partial charge in [-0.05, 0) is 18.9 Å². The first-order chi connectivity index (χ1) is 10.9.